The van der Waals surface area contributed by atoms with Gasteiger partial charge in [-0.05, 0) is 30.2 Å². The number of carbonyl (C=O) groups is 1. The molecule has 0 bridgehead atoms. The summed E-state index contributed by atoms with van der Waals surface area (Å²) >= 11 is 5.97. The highest BCUT2D eigenvalue weighted by molar-refractivity contribution is 6.30. The number of aromatic nitrogens is 2. The van der Waals surface area contributed by atoms with Crippen molar-refractivity contribution in [2.45, 2.75) is 13.8 Å². The van der Waals surface area contributed by atoms with E-state index in [1.165, 1.54) is 0 Å². The van der Waals surface area contributed by atoms with Crippen molar-refractivity contribution in [2.24, 2.45) is 5.92 Å². The molecule has 0 saturated heterocycles. The summed E-state index contributed by atoms with van der Waals surface area (Å²) in [6, 6.07) is 16.5. The molecule has 6 nitrogen and oxygen atoms in total. The van der Waals surface area contributed by atoms with Gasteiger partial charge in [0.1, 0.15) is 11.4 Å². The largest absolute Gasteiger partial charge is 0.382 e. The molecule has 0 spiro atoms. The van der Waals surface area contributed by atoms with Gasteiger partial charge in [0.25, 0.3) is 0 Å². The molecule has 0 aliphatic heterocycles. The summed E-state index contributed by atoms with van der Waals surface area (Å²) in [5, 5.41) is 10.9. The molecule has 1 heterocycles. The van der Waals surface area contributed by atoms with E-state index in [-0.39, 0.29) is 6.03 Å². The summed E-state index contributed by atoms with van der Waals surface area (Å²) in [4.78, 5) is 12.3. The first kappa shape index (κ1) is 18.8. The van der Waals surface area contributed by atoms with Gasteiger partial charge in [0.2, 0.25) is 0 Å². The molecule has 0 aliphatic carbocycles. The number of benzene rings is 2. The number of halogens is 1. The van der Waals surface area contributed by atoms with Crippen molar-refractivity contribution in [1.82, 2.24) is 15.1 Å². The number of amides is 2. The Morgan fingerprint density at radius 3 is 2.44 bits per heavy atom. The zero-order valence-corrected chi connectivity index (χ0v) is 16.0. The van der Waals surface area contributed by atoms with Gasteiger partial charge in [-0.15, -0.1) is 0 Å². The highest BCUT2D eigenvalue weighted by Gasteiger charge is 2.20. The molecule has 3 aromatic rings. The van der Waals surface area contributed by atoms with Gasteiger partial charge in [-0.2, -0.15) is 5.10 Å². The number of nitrogens with two attached hydrogens (primary N) is 1. The van der Waals surface area contributed by atoms with Crippen molar-refractivity contribution < 1.29 is 4.79 Å². The van der Waals surface area contributed by atoms with Gasteiger partial charge in [-0.25, -0.2) is 9.48 Å². The first-order valence-corrected chi connectivity index (χ1v) is 9.08. The Morgan fingerprint density at radius 2 is 1.81 bits per heavy atom. The lowest BCUT2D eigenvalue weighted by atomic mass is 10.1. The molecule has 0 atom stereocenters. The van der Waals surface area contributed by atoms with Crippen LogP contribution in [0.3, 0.4) is 0 Å². The minimum Gasteiger partial charge on any atom is -0.382 e. The molecule has 27 heavy (non-hydrogen) atoms. The second kappa shape index (κ2) is 8.14. The van der Waals surface area contributed by atoms with E-state index in [9.17, 15) is 4.79 Å². The second-order valence-corrected chi connectivity index (χ2v) is 7.03. The summed E-state index contributed by atoms with van der Waals surface area (Å²) in [6.07, 6.45) is 0. The van der Waals surface area contributed by atoms with Crippen molar-refractivity contribution >= 4 is 29.1 Å². The summed E-state index contributed by atoms with van der Waals surface area (Å²) in [5.74, 6) is 0.689. The molecule has 4 N–H and O–H groups in total. The molecule has 7 heteroatoms. The molecule has 140 valence electrons. The number of carbonyl (C=O) groups excluding carboxylic acids is 1. The van der Waals surface area contributed by atoms with Crippen LogP contribution in [0.5, 0.6) is 0 Å². The highest BCUT2D eigenvalue weighted by Crippen LogP contribution is 2.34. The zero-order valence-electron chi connectivity index (χ0n) is 15.2. The third kappa shape index (κ3) is 4.41. The molecule has 0 aliphatic rings. The monoisotopic (exact) mass is 383 g/mol. The van der Waals surface area contributed by atoms with Gasteiger partial charge in [-0.1, -0.05) is 55.8 Å². The van der Waals surface area contributed by atoms with Crippen molar-refractivity contribution in [1.29, 1.82) is 0 Å². The predicted molar refractivity (Wildman–Crippen MR) is 110 cm³/mol. The molecule has 0 radical (unpaired) electrons. The predicted octanol–water partition coefficient (Wildman–Crippen LogP) is 4.55. The quantitative estimate of drug-likeness (QED) is 0.604. The molecular weight excluding hydrogens is 362 g/mol. The Bertz CT molecular complexity index is 920. The number of anilines is 2. The van der Waals surface area contributed by atoms with Crippen molar-refractivity contribution in [2.75, 3.05) is 17.6 Å². The Morgan fingerprint density at radius 1 is 1.15 bits per heavy atom. The number of nitrogen functional groups attached to an aromatic ring is 1. The number of rotatable bonds is 5. The van der Waals surface area contributed by atoms with E-state index in [1.54, 1.807) is 16.8 Å². The van der Waals surface area contributed by atoms with Gasteiger partial charge in [0.15, 0.2) is 5.82 Å². The van der Waals surface area contributed by atoms with E-state index in [0.29, 0.717) is 34.7 Å². The van der Waals surface area contributed by atoms with Crippen LogP contribution in [0.4, 0.5) is 16.3 Å². The maximum absolute atomic E-state index is 12.3. The van der Waals surface area contributed by atoms with E-state index in [4.69, 9.17) is 17.3 Å². The average molecular weight is 384 g/mol. The molecule has 3 rings (SSSR count). The normalized spacial score (nSPS) is 10.8. The minimum atomic E-state index is -0.316. The fraction of sp³-hybridized carbons (Fsp3) is 0.200. The van der Waals surface area contributed by atoms with E-state index >= 15 is 0 Å². The Balaban J connectivity index is 2.01. The maximum Gasteiger partial charge on any atom is 0.319 e. The Hall–Kier alpha value is -2.99. The molecule has 0 saturated carbocycles. The first-order valence-electron chi connectivity index (χ1n) is 8.70. The maximum atomic E-state index is 12.3. The van der Waals surface area contributed by atoms with E-state index < -0.39 is 0 Å². The van der Waals surface area contributed by atoms with Gasteiger partial charge >= 0.3 is 6.03 Å². The van der Waals surface area contributed by atoms with Gasteiger partial charge < -0.3 is 16.4 Å². The van der Waals surface area contributed by atoms with Crippen LogP contribution >= 0.6 is 11.6 Å². The topological polar surface area (TPSA) is 85.0 Å². The van der Waals surface area contributed by atoms with Crippen molar-refractivity contribution in [3.8, 4) is 16.9 Å². The number of nitrogens with one attached hydrogen (secondary N) is 2. The fourth-order valence-corrected chi connectivity index (χ4v) is 2.71. The van der Waals surface area contributed by atoms with Crippen LogP contribution in [0.15, 0.2) is 54.6 Å². The number of hydrogen-bond acceptors (Lipinski definition) is 3. The standard InChI is InChI=1S/C20H22ClN5O/c1-13(2)12-23-20(27)24-18-17(14-6-4-3-5-7-14)25-26(19(18)22)16-10-8-15(21)9-11-16/h3-11,13H,12,22H2,1-2H3,(H2,23,24,27). The van der Waals surface area contributed by atoms with E-state index in [0.717, 1.165) is 11.3 Å². The molecular formula is C20H22ClN5O. The van der Waals surface area contributed by atoms with Crippen LogP contribution < -0.4 is 16.4 Å². The molecule has 1 aromatic heterocycles. The summed E-state index contributed by atoms with van der Waals surface area (Å²) in [7, 11) is 0. The lowest BCUT2D eigenvalue weighted by Gasteiger charge is -2.10. The van der Waals surface area contributed by atoms with Crippen LogP contribution in [-0.4, -0.2) is 22.4 Å². The average Bonchev–Trinajstić information content (AvgIpc) is 2.98. The third-order valence-corrected chi connectivity index (χ3v) is 4.20. The first-order chi connectivity index (χ1) is 13.0. The van der Waals surface area contributed by atoms with Crippen LogP contribution in [0.25, 0.3) is 16.9 Å². The van der Waals surface area contributed by atoms with Gasteiger partial charge in [0, 0.05) is 17.1 Å². The van der Waals surface area contributed by atoms with Crippen LogP contribution in [-0.2, 0) is 0 Å². The SMILES string of the molecule is CC(C)CNC(=O)Nc1c(-c2ccccc2)nn(-c2ccc(Cl)cc2)c1N. The minimum absolute atomic E-state index is 0.316. The molecule has 2 aromatic carbocycles. The lowest BCUT2D eigenvalue weighted by Crippen LogP contribution is -2.32. The molecule has 2 amide bonds. The number of urea groups is 1. The van der Waals surface area contributed by atoms with Crippen molar-refractivity contribution in [3.63, 3.8) is 0 Å². The van der Waals surface area contributed by atoms with Gasteiger partial charge in [-0.3, -0.25) is 0 Å². The molecule has 0 unspecified atom stereocenters. The zero-order chi connectivity index (χ0) is 19.4. The van der Waals surface area contributed by atoms with E-state index in [2.05, 4.69) is 15.7 Å². The summed E-state index contributed by atoms with van der Waals surface area (Å²) in [6.45, 7) is 4.63. The van der Waals surface area contributed by atoms with Crippen LogP contribution in [0.1, 0.15) is 13.8 Å². The second-order valence-electron chi connectivity index (χ2n) is 6.59. The number of nitrogens with zero attached hydrogens (tertiary/aromatic N) is 2. The van der Waals surface area contributed by atoms with Crippen molar-refractivity contribution in [3.05, 3.63) is 59.6 Å². The van der Waals surface area contributed by atoms with Crippen LogP contribution in [0.2, 0.25) is 5.02 Å². The fourth-order valence-electron chi connectivity index (χ4n) is 2.59. The smallest absolute Gasteiger partial charge is 0.319 e. The summed E-state index contributed by atoms with van der Waals surface area (Å²) < 4.78 is 1.59. The summed E-state index contributed by atoms with van der Waals surface area (Å²) in [5.41, 5.74) is 9.02. The van der Waals surface area contributed by atoms with Gasteiger partial charge in [0.05, 0.1) is 5.69 Å². The lowest BCUT2D eigenvalue weighted by molar-refractivity contribution is 0.251. The Kier molecular flexibility index (Phi) is 5.66. The van der Waals surface area contributed by atoms with E-state index in [1.807, 2.05) is 56.3 Å². The third-order valence-electron chi connectivity index (χ3n) is 3.95. The van der Waals surface area contributed by atoms with Crippen LogP contribution in [0, 0.1) is 5.92 Å². The molecule has 0 fully saturated rings. The highest BCUT2D eigenvalue weighted by atomic mass is 35.5. The Labute approximate surface area is 163 Å². The number of hydrogen-bond donors (Lipinski definition) is 3.